The molecule has 29 heavy (non-hydrogen) atoms. The Hall–Kier alpha value is 1.26. The largest absolute Gasteiger partial charge is 0.433 e. The van der Waals surface area contributed by atoms with Crippen molar-refractivity contribution < 1.29 is 28.2 Å². The van der Waals surface area contributed by atoms with E-state index in [-0.39, 0.29) is 11.1 Å². The zero-order chi connectivity index (χ0) is 21.4. The Morgan fingerprint density at radius 3 is 2.31 bits per heavy atom. The molecule has 0 aromatic heterocycles. The first-order valence-electron chi connectivity index (χ1n) is 9.24. The molecule has 14 heteroatoms. The second-order valence-corrected chi connectivity index (χ2v) is 11.4. The van der Waals surface area contributed by atoms with Gasteiger partial charge < -0.3 is 28.2 Å². The highest BCUT2D eigenvalue weighted by molar-refractivity contribution is 14.1. The van der Waals surface area contributed by atoms with Gasteiger partial charge in [-0.05, 0) is 5.56 Å². The van der Waals surface area contributed by atoms with Crippen LogP contribution in [0.25, 0.3) is 0 Å². The van der Waals surface area contributed by atoms with Crippen molar-refractivity contribution in [3.63, 3.8) is 0 Å². The Balaban J connectivity index is 2.18. The van der Waals surface area contributed by atoms with Gasteiger partial charge in [0.05, 0.1) is 33.2 Å². The van der Waals surface area contributed by atoms with Gasteiger partial charge >= 0.3 is 11.1 Å². The van der Waals surface area contributed by atoms with Crippen LogP contribution in [0.15, 0.2) is 30.3 Å². The summed E-state index contributed by atoms with van der Waals surface area (Å²) in [6.07, 6.45) is -2.55. The van der Waals surface area contributed by atoms with Crippen LogP contribution in [0, 0.1) is 0 Å². The quantitative estimate of drug-likeness (QED) is 0.233. The van der Waals surface area contributed by atoms with Gasteiger partial charge in [-0.25, -0.2) is 0 Å². The summed E-state index contributed by atoms with van der Waals surface area (Å²) in [6, 6.07) is 9.96. The van der Waals surface area contributed by atoms with Gasteiger partial charge in [-0.15, -0.1) is 49.7 Å². The molecule has 1 aliphatic heterocycles. The van der Waals surface area contributed by atoms with Crippen LogP contribution in [-0.2, 0) is 34.8 Å². The van der Waals surface area contributed by atoms with Crippen LogP contribution in [0.1, 0.15) is 5.56 Å². The second kappa shape index (κ2) is 13.7. The van der Waals surface area contributed by atoms with E-state index in [1.54, 1.807) is 7.11 Å². The maximum atomic E-state index is 6.17. The van der Waals surface area contributed by atoms with Gasteiger partial charge in [0.25, 0.3) is 6.53 Å². The second-order valence-electron chi connectivity index (χ2n) is 6.60. The Kier molecular flexibility index (Phi) is 12.5. The first kappa shape index (κ1) is 26.5. The van der Waals surface area contributed by atoms with Gasteiger partial charge in [-0.2, -0.15) is 0 Å². The summed E-state index contributed by atoms with van der Waals surface area (Å²) in [5, 5.41) is 0. The third-order valence-electron chi connectivity index (χ3n) is 4.19. The number of methoxy groups -OCH3 is 1. The molecule has 1 saturated heterocycles. The molecule has 0 spiro atoms. The molecule has 156 valence electrons. The Morgan fingerprint density at radius 1 is 1.07 bits per heavy atom. The van der Waals surface area contributed by atoms with Gasteiger partial charge in [0.1, 0.15) is 12.2 Å². The van der Waals surface area contributed by atoms with E-state index in [1.165, 1.54) is 0 Å². The molecule has 1 fully saturated rings. The molecule has 5 unspecified atom stereocenters. The van der Waals surface area contributed by atoms with Crippen molar-refractivity contribution in [1.29, 1.82) is 0 Å². The summed E-state index contributed by atoms with van der Waals surface area (Å²) in [6.45, 7) is 2.00. The summed E-state index contributed by atoms with van der Waals surface area (Å²) in [7, 11) is 15.2. The van der Waals surface area contributed by atoms with Crippen LogP contribution in [-0.4, -0.2) is 69.8 Å². The highest BCUT2D eigenvalue weighted by Crippen LogP contribution is 2.32. The van der Waals surface area contributed by atoms with Gasteiger partial charge in [0.2, 0.25) is 0 Å². The zero-order valence-electron chi connectivity index (χ0n) is 16.6. The molecular formula is C15H26B4IO6P3. The summed E-state index contributed by atoms with van der Waals surface area (Å²) in [5.74, 6) is 0. The lowest BCUT2D eigenvalue weighted by Gasteiger charge is -2.47. The minimum atomic E-state index is -0.647. The predicted octanol–water partition coefficient (Wildman–Crippen LogP) is 2.05. The van der Waals surface area contributed by atoms with Crippen LogP contribution < -0.4 is 0 Å². The number of halogens is 1. The van der Waals surface area contributed by atoms with E-state index < -0.39 is 37.2 Å². The van der Waals surface area contributed by atoms with Crippen LogP contribution >= 0.6 is 49.7 Å². The van der Waals surface area contributed by atoms with Crippen molar-refractivity contribution in [3.05, 3.63) is 35.9 Å². The Labute approximate surface area is 196 Å². The standard InChI is InChI=1S/C15H26B4IO6P3/c1-17(27)24-12-11(9-22-8-10-6-4-3-5-7-10)23-15(21-2)14(26-19(20)29)13(12)25-18(16)28/h3-7,11-15H,8-9,27-29H2,1-2H3/t11?,12-,13-,14?,15+/m0/s1. The van der Waals surface area contributed by atoms with Crippen molar-refractivity contribution in [3.8, 4) is 0 Å². The maximum absolute atomic E-state index is 6.17. The lowest BCUT2D eigenvalue weighted by Crippen LogP contribution is -2.63. The number of hydrogen-bond donors (Lipinski definition) is 0. The minimum absolute atomic E-state index is 0.127. The summed E-state index contributed by atoms with van der Waals surface area (Å²) >= 11 is 2.15. The number of rotatable bonds is 11. The van der Waals surface area contributed by atoms with Crippen LogP contribution in [0.2, 0.25) is 6.82 Å². The maximum Gasteiger partial charge on any atom is 0.387 e. The average Bonchev–Trinajstić information content (AvgIpc) is 2.65. The topological polar surface area (TPSA) is 55.4 Å². The smallest absolute Gasteiger partial charge is 0.387 e. The minimum Gasteiger partial charge on any atom is -0.433 e. The van der Waals surface area contributed by atoms with Gasteiger partial charge in [0, 0.05) is 7.11 Å². The number of hydrogen-bond acceptors (Lipinski definition) is 6. The Bertz CT molecular complexity index is 594. The van der Waals surface area contributed by atoms with Gasteiger partial charge in [-0.3, -0.25) is 0 Å². The lowest BCUT2D eigenvalue weighted by atomic mass is 9.69. The first-order valence-corrected chi connectivity index (χ1v) is 12.5. The predicted molar refractivity (Wildman–Crippen MR) is 138 cm³/mol. The lowest BCUT2D eigenvalue weighted by molar-refractivity contribution is -0.283. The normalized spacial score (nSPS) is 26.9. The molecule has 1 aliphatic rings. The van der Waals surface area contributed by atoms with E-state index in [0.717, 1.165) is 5.56 Å². The van der Waals surface area contributed by atoms with Crippen LogP contribution in [0.4, 0.5) is 0 Å². The van der Waals surface area contributed by atoms with Crippen molar-refractivity contribution in [1.82, 2.24) is 0 Å². The molecule has 1 aromatic rings. The van der Waals surface area contributed by atoms with E-state index in [1.807, 2.05) is 37.2 Å². The molecule has 0 N–H and O–H groups in total. The molecule has 1 aromatic carbocycles. The Morgan fingerprint density at radius 2 is 1.76 bits per heavy atom. The molecule has 1 heterocycles. The fourth-order valence-electron chi connectivity index (χ4n) is 3.11. The SMILES string of the molecule is [B]B(P)O[C@@H]1C(OB(P)I)[C@H](OC)OC(COCc2ccccc2)[C@@H]1OB(C)P. The highest BCUT2D eigenvalue weighted by atomic mass is 127. The molecule has 0 saturated carbocycles. The molecule has 0 aliphatic carbocycles. The van der Waals surface area contributed by atoms with E-state index in [9.17, 15) is 0 Å². The third-order valence-corrected chi connectivity index (χ3v) is 4.96. The molecule has 0 amide bonds. The molecule has 2 radical (unpaired) electrons. The monoisotopic (exact) mass is 566 g/mol. The summed E-state index contributed by atoms with van der Waals surface area (Å²) < 4.78 is 35.7. The fourth-order valence-corrected chi connectivity index (χ4v) is 4.00. The first-order chi connectivity index (χ1) is 13.8. The van der Waals surface area contributed by atoms with Crippen molar-refractivity contribution >= 4 is 75.1 Å². The summed E-state index contributed by atoms with van der Waals surface area (Å²) in [4.78, 5) is 0. The van der Waals surface area contributed by atoms with Crippen LogP contribution in [0.3, 0.4) is 0 Å². The molecule has 2 rings (SSSR count). The van der Waals surface area contributed by atoms with Crippen molar-refractivity contribution in [2.45, 2.75) is 44.1 Å². The molecule has 8 atom stereocenters. The fraction of sp³-hybridized carbons (Fsp3) is 0.600. The van der Waals surface area contributed by atoms with Gasteiger partial charge in [0.15, 0.2) is 6.29 Å². The van der Waals surface area contributed by atoms with E-state index in [2.05, 4.69) is 49.7 Å². The molecule has 0 bridgehead atoms. The van der Waals surface area contributed by atoms with Gasteiger partial charge in [-0.1, -0.05) is 37.2 Å². The molecule has 6 nitrogen and oxygen atoms in total. The van der Waals surface area contributed by atoms with Crippen LogP contribution in [0.5, 0.6) is 0 Å². The highest BCUT2D eigenvalue weighted by Gasteiger charge is 2.49. The zero-order valence-corrected chi connectivity index (χ0v) is 22.2. The van der Waals surface area contributed by atoms with E-state index >= 15 is 0 Å². The third kappa shape index (κ3) is 8.96. The molecular weight excluding hydrogens is 539 g/mol. The number of benzene rings is 1. The van der Waals surface area contributed by atoms with E-state index in [0.29, 0.717) is 13.2 Å². The van der Waals surface area contributed by atoms with Crippen molar-refractivity contribution in [2.75, 3.05) is 13.7 Å². The number of ether oxygens (including phenoxy) is 3. The van der Waals surface area contributed by atoms with E-state index in [4.69, 9.17) is 35.9 Å². The summed E-state index contributed by atoms with van der Waals surface area (Å²) in [5.41, 5.74) is 1.08. The average molecular weight is 565 g/mol. The van der Waals surface area contributed by atoms with Crippen molar-refractivity contribution in [2.24, 2.45) is 0 Å².